The minimum atomic E-state index is 0.632. The van der Waals surface area contributed by atoms with Crippen molar-refractivity contribution in [2.24, 2.45) is 0 Å². The molecule has 0 bridgehead atoms. The van der Waals surface area contributed by atoms with Crippen LogP contribution < -0.4 is 5.32 Å². The van der Waals surface area contributed by atoms with Crippen molar-refractivity contribution < 1.29 is 0 Å². The van der Waals surface area contributed by atoms with Crippen molar-refractivity contribution in [3.05, 3.63) is 35.6 Å². The number of nitrogens with zero attached hydrogens (tertiary/aromatic N) is 5. The summed E-state index contributed by atoms with van der Waals surface area (Å²) in [5, 5.41) is 12.0. The van der Waals surface area contributed by atoms with Crippen molar-refractivity contribution in [2.45, 2.75) is 13.5 Å². The molecule has 3 rings (SSSR count). The minimum Gasteiger partial charge on any atom is -0.338 e. The molecule has 0 aliphatic carbocycles. The van der Waals surface area contributed by atoms with Crippen molar-refractivity contribution in [3.63, 3.8) is 0 Å². The zero-order valence-corrected chi connectivity index (χ0v) is 11.0. The molecule has 3 aromatic rings. The zero-order valence-electron chi connectivity index (χ0n) is 10.2. The van der Waals surface area contributed by atoms with Crippen molar-refractivity contribution in [1.82, 2.24) is 25.0 Å². The molecule has 0 aliphatic heterocycles. The first-order valence-electron chi connectivity index (χ1n) is 5.84. The Labute approximate surface area is 114 Å². The maximum atomic E-state index is 5.85. The van der Waals surface area contributed by atoms with E-state index in [4.69, 9.17) is 11.6 Å². The number of nitrogens with one attached hydrogen (secondary N) is 1. The van der Waals surface area contributed by atoms with Gasteiger partial charge < -0.3 is 5.32 Å². The van der Waals surface area contributed by atoms with Gasteiger partial charge in [-0.25, -0.2) is 14.6 Å². The van der Waals surface area contributed by atoms with Gasteiger partial charge in [0, 0.05) is 17.3 Å². The molecule has 0 saturated heterocycles. The van der Waals surface area contributed by atoms with Gasteiger partial charge in [-0.15, -0.1) is 5.10 Å². The lowest BCUT2D eigenvalue weighted by atomic mass is 10.3. The smallest absolute Gasteiger partial charge is 0.183 e. The van der Waals surface area contributed by atoms with Crippen LogP contribution in [0.4, 0.5) is 11.5 Å². The van der Waals surface area contributed by atoms with Crippen molar-refractivity contribution >= 4 is 34.3 Å². The van der Waals surface area contributed by atoms with E-state index in [2.05, 4.69) is 25.6 Å². The van der Waals surface area contributed by atoms with Gasteiger partial charge in [-0.1, -0.05) is 16.8 Å². The third kappa shape index (κ3) is 2.22. The van der Waals surface area contributed by atoms with E-state index < -0.39 is 0 Å². The highest BCUT2D eigenvalue weighted by atomic mass is 35.5. The normalized spacial score (nSPS) is 10.8. The van der Waals surface area contributed by atoms with E-state index in [0.717, 1.165) is 5.69 Å². The van der Waals surface area contributed by atoms with Crippen LogP contribution in [0, 0.1) is 0 Å². The van der Waals surface area contributed by atoms with Crippen LogP contribution in [-0.4, -0.2) is 25.0 Å². The first kappa shape index (κ1) is 11.9. The molecule has 0 fully saturated rings. The van der Waals surface area contributed by atoms with Gasteiger partial charge in [-0.3, -0.25) is 0 Å². The van der Waals surface area contributed by atoms with Crippen LogP contribution >= 0.6 is 11.6 Å². The van der Waals surface area contributed by atoms with E-state index >= 15 is 0 Å². The molecule has 0 radical (unpaired) electrons. The number of halogens is 1. The maximum Gasteiger partial charge on any atom is 0.183 e. The van der Waals surface area contributed by atoms with Crippen LogP contribution in [0.3, 0.4) is 0 Å². The lowest BCUT2D eigenvalue weighted by molar-refractivity contribution is 0.641. The number of fused-ring (bicyclic) bond motifs is 1. The van der Waals surface area contributed by atoms with Crippen LogP contribution in [0.5, 0.6) is 0 Å². The number of rotatable bonds is 3. The molecule has 0 aliphatic rings. The highest BCUT2D eigenvalue weighted by Gasteiger charge is 2.10. The van der Waals surface area contributed by atoms with Gasteiger partial charge in [-0.2, -0.15) is 0 Å². The number of hydrogen-bond acceptors (Lipinski definition) is 5. The van der Waals surface area contributed by atoms with Gasteiger partial charge in [0.2, 0.25) is 0 Å². The summed E-state index contributed by atoms with van der Waals surface area (Å²) in [5.74, 6) is 0.632. The van der Waals surface area contributed by atoms with Crippen LogP contribution in [0.1, 0.15) is 6.92 Å². The zero-order chi connectivity index (χ0) is 13.2. The SMILES string of the molecule is CCn1nnc2c(Nc3ccc(Cl)cc3)ncnc21. The van der Waals surface area contributed by atoms with Gasteiger partial charge in [0.05, 0.1) is 0 Å². The van der Waals surface area contributed by atoms with Crippen molar-refractivity contribution in [2.75, 3.05) is 5.32 Å². The lowest BCUT2D eigenvalue weighted by Gasteiger charge is -2.05. The lowest BCUT2D eigenvalue weighted by Crippen LogP contribution is -1.99. The Balaban J connectivity index is 2.01. The predicted molar refractivity (Wildman–Crippen MR) is 73.5 cm³/mol. The summed E-state index contributed by atoms with van der Waals surface area (Å²) < 4.78 is 1.73. The van der Waals surface area contributed by atoms with Gasteiger partial charge in [0.1, 0.15) is 6.33 Å². The quantitative estimate of drug-likeness (QED) is 0.795. The summed E-state index contributed by atoms with van der Waals surface area (Å²) >= 11 is 5.85. The number of anilines is 2. The maximum absolute atomic E-state index is 5.85. The summed E-state index contributed by atoms with van der Waals surface area (Å²) in [4.78, 5) is 8.40. The molecule has 0 atom stereocenters. The molecule has 0 amide bonds. The molecule has 6 nitrogen and oxygen atoms in total. The fraction of sp³-hybridized carbons (Fsp3) is 0.167. The van der Waals surface area contributed by atoms with Crippen LogP contribution in [0.2, 0.25) is 5.02 Å². The monoisotopic (exact) mass is 274 g/mol. The van der Waals surface area contributed by atoms with Crippen LogP contribution in [0.25, 0.3) is 11.2 Å². The minimum absolute atomic E-state index is 0.632. The molecule has 0 spiro atoms. The highest BCUT2D eigenvalue weighted by Crippen LogP contribution is 2.21. The first-order valence-corrected chi connectivity index (χ1v) is 6.22. The van der Waals surface area contributed by atoms with Crippen LogP contribution in [0.15, 0.2) is 30.6 Å². The van der Waals surface area contributed by atoms with Crippen molar-refractivity contribution in [1.29, 1.82) is 0 Å². The molecule has 19 heavy (non-hydrogen) atoms. The molecule has 7 heteroatoms. The average molecular weight is 275 g/mol. The molecular weight excluding hydrogens is 264 g/mol. The molecule has 2 heterocycles. The average Bonchev–Trinajstić information content (AvgIpc) is 2.85. The highest BCUT2D eigenvalue weighted by molar-refractivity contribution is 6.30. The largest absolute Gasteiger partial charge is 0.338 e. The van der Waals surface area contributed by atoms with Crippen LogP contribution in [-0.2, 0) is 6.54 Å². The van der Waals surface area contributed by atoms with E-state index in [0.29, 0.717) is 28.5 Å². The third-order valence-corrected chi connectivity index (χ3v) is 2.96. The third-order valence-electron chi connectivity index (χ3n) is 2.71. The molecule has 0 saturated carbocycles. The number of aryl methyl sites for hydroxylation is 1. The first-order chi connectivity index (χ1) is 9.28. The van der Waals surface area contributed by atoms with Gasteiger partial charge in [0.25, 0.3) is 0 Å². The fourth-order valence-corrected chi connectivity index (χ4v) is 1.89. The second-order valence-electron chi connectivity index (χ2n) is 3.93. The molecule has 2 aromatic heterocycles. The predicted octanol–water partition coefficient (Wildman–Crippen LogP) is 2.64. The molecule has 1 N–H and O–H groups in total. The Hall–Kier alpha value is -2.21. The number of benzene rings is 1. The van der Waals surface area contributed by atoms with E-state index in [9.17, 15) is 0 Å². The number of aromatic nitrogens is 5. The van der Waals surface area contributed by atoms with Gasteiger partial charge in [-0.05, 0) is 31.2 Å². The van der Waals surface area contributed by atoms with E-state index in [1.807, 2.05) is 31.2 Å². The van der Waals surface area contributed by atoms with E-state index in [1.54, 1.807) is 4.68 Å². The molecule has 96 valence electrons. The summed E-state index contributed by atoms with van der Waals surface area (Å²) in [6, 6.07) is 7.37. The number of hydrogen-bond donors (Lipinski definition) is 1. The van der Waals surface area contributed by atoms with E-state index in [1.165, 1.54) is 6.33 Å². The Kier molecular flexibility index (Phi) is 3.00. The van der Waals surface area contributed by atoms with E-state index in [-0.39, 0.29) is 0 Å². The Morgan fingerprint density at radius 3 is 2.74 bits per heavy atom. The molecular formula is C12H11ClN6. The summed E-state index contributed by atoms with van der Waals surface area (Å²) in [6.07, 6.45) is 1.50. The summed E-state index contributed by atoms with van der Waals surface area (Å²) in [5.41, 5.74) is 2.25. The second-order valence-corrected chi connectivity index (χ2v) is 4.37. The van der Waals surface area contributed by atoms with Gasteiger partial charge in [0.15, 0.2) is 17.0 Å². The summed E-state index contributed by atoms with van der Waals surface area (Å²) in [7, 11) is 0. The standard InChI is InChI=1S/C12H11ClN6/c1-2-19-12-10(17-18-19)11(14-7-15-12)16-9-5-3-8(13)4-6-9/h3-7H,2H2,1H3,(H,14,15,16). The Morgan fingerprint density at radius 1 is 1.21 bits per heavy atom. The summed E-state index contributed by atoms with van der Waals surface area (Å²) in [6.45, 7) is 2.70. The molecule has 1 aromatic carbocycles. The van der Waals surface area contributed by atoms with Crippen molar-refractivity contribution in [3.8, 4) is 0 Å². The fourth-order valence-electron chi connectivity index (χ4n) is 1.77. The Morgan fingerprint density at radius 2 is 2.00 bits per heavy atom. The topological polar surface area (TPSA) is 68.5 Å². The second kappa shape index (κ2) is 4.81. The Bertz CT molecular complexity index is 706. The molecule has 0 unspecified atom stereocenters. The van der Waals surface area contributed by atoms with Gasteiger partial charge >= 0.3 is 0 Å².